The van der Waals surface area contributed by atoms with E-state index < -0.39 is 0 Å². The molecule has 0 aromatic carbocycles. The van der Waals surface area contributed by atoms with E-state index in [1.165, 1.54) is 0 Å². The van der Waals surface area contributed by atoms with Crippen LogP contribution >= 0.6 is 11.6 Å². The van der Waals surface area contributed by atoms with Gasteiger partial charge in [-0.1, -0.05) is 18.5 Å². The highest BCUT2D eigenvalue weighted by molar-refractivity contribution is 6.29. The minimum Gasteiger partial charge on any atom is -0.476 e. The molecular weight excluding hydrogens is 250 g/mol. The van der Waals surface area contributed by atoms with Crippen molar-refractivity contribution < 1.29 is 4.74 Å². The molecule has 4 nitrogen and oxygen atoms in total. The van der Waals surface area contributed by atoms with Gasteiger partial charge in [0.25, 0.3) is 0 Å². The van der Waals surface area contributed by atoms with Gasteiger partial charge < -0.3 is 9.64 Å². The molecule has 5 heteroatoms. The second-order valence-electron chi connectivity index (χ2n) is 5.19. The van der Waals surface area contributed by atoms with Gasteiger partial charge in [0.2, 0.25) is 5.88 Å². The molecule has 0 atom stereocenters. The molecule has 1 rings (SSSR count). The van der Waals surface area contributed by atoms with Gasteiger partial charge in [0.15, 0.2) is 0 Å². The number of ether oxygens (including phenoxy) is 1. The van der Waals surface area contributed by atoms with Gasteiger partial charge in [-0.25, -0.2) is 4.98 Å². The third-order valence-electron chi connectivity index (χ3n) is 2.98. The molecule has 0 aliphatic carbocycles. The molecule has 0 amide bonds. The summed E-state index contributed by atoms with van der Waals surface area (Å²) in [4.78, 5) is 10.6. The van der Waals surface area contributed by atoms with Gasteiger partial charge in [0.05, 0.1) is 0 Å². The largest absolute Gasteiger partial charge is 0.476 e. The number of nitrogens with zero attached hydrogens (tertiary/aromatic N) is 3. The lowest BCUT2D eigenvalue weighted by atomic mass is 10.1. The van der Waals surface area contributed by atoms with E-state index in [1.54, 1.807) is 6.07 Å². The summed E-state index contributed by atoms with van der Waals surface area (Å²) in [6.45, 7) is 6.87. The summed E-state index contributed by atoms with van der Waals surface area (Å²) >= 11 is 5.96. The van der Waals surface area contributed by atoms with Crippen molar-refractivity contribution >= 4 is 11.6 Å². The highest BCUT2D eigenvalue weighted by Crippen LogP contribution is 2.17. The van der Waals surface area contributed by atoms with Crippen molar-refractivity contribution in [1.82, 2.24) is 14.9 Å². The van der Waals surface area contributed by atoms with E-state index >= 15 is 0 Å². The Labute approximate surface area is 114 Å². The van der Waals surface area contributed by atoms with Crippen LogP contribution in [0.15, 0.2) is 6.07 Å². The number of aromatic nitrogens is 2. The average molecular weight is 272 g/mol. The summed E-state index contributed by atoms with van der Waals surface area (Å²) in [5.74, 6) is 1.29. The molecule has 0 saturated carbocycles. The molecule has 0 aliphatic heterocycles. The van der Waals surface area contributed by atoms with Gasteiger partial charge in [0.1, 0.15) is 17.6 Å². The number of hydrogen-bond donors (Lipinski definition) is 0. The van der Waals surface area contributed by atoms with E-state index in [0.717, 1.165) is 18.7 Å². The Bertz CT molecular complexity index is 394. The lowest BCUT2D eigenvalue weighted by molar-refractivity contribution is 0.111. The summed E-state index contributed by atoms with van der Waals surface area (Å²) in [5.41, 5.74) is -0.0532. The molecule has 1 aromatic heterocycles. The molecule has 0 aliphatic rings. The van der Waals surface area contributed by atoms with Crippen LogP contribution in [-0.4, -0.2) is 41.1 Å². The first kappa shape index (κ1) is 15.2. The lowest BCUT2D eigenvalue weighted by Crippen LogP contribution is -2.43. The summed E-state index contributed by atoms with van der Waals surface area (Å²) < 4.78 is 5.72. The number of likely N-dealkylation sites (N-methyl/N-ethyl adjacent to an activating group) is 1. The molecule has 102 valence electrons. The van der Waals surface area contributed by atoms with E-state index in [0.29, 0.717) is 17.6 Å². The zero-order valence-electron chi connectivity index (χ0n) is 11.8. The predicted octanol–water partition coefficient (Wildman–Crippen LogP) is 2.80. The fourth-order valence-corrected chi connectivity index (χ4v) is 1.42. The van der Waals surface area contributed by atoms with Crippen LogP contribution < -0.4 is 4.74 Å². The van der Waals surface area contributed by atoms with Crippen LogP contribution in [0.1, 0.15) is 33.0 Å². The average Bonchev–Trinajstić information content (AvgIpc) is 2.26. The molecule has 0 radical (unpaired) electrons. The maximum Gasteiger partial charge on any atom is 0.218 e. The van der Waals surface area contributed by atoms with Crippen molar-refractivity contribution in [3.8, 4) is 5.88 Å². The van der Waals surface area contributed by atoms with E-state index in [-0.39, 0.29) is 5.54 Å². The summed E-state index contributed by atoms with van der Waals surface area (Å²) in [6, 6.07) is 1.66. The van der Waals surface area contributed by atoms with E-state index in [2.05, 4.69) is 35.6 Å². The molecule has 1 heterocycles. The molecule has 0 bridgehead atoms. The Kier molecular flexibility index (Phi) is 5.35. The minimum atomic E-state index is -0.0532. The fraction of sp³-hybridized carbons (Fsp3) is 0.692. The molecule has 1 aromatic rings. The first-order valence-electron chi connectivity index (χ1n) is 6.19. The first-order chi connectivity index (χ1) is 8.35. The van der Waals surface area contributed by atoms with Crippen LogP contribution in [0.3, 0.4) is 0 Å². The Morgan fingerprint density at radius 1 is 1.33 bits per heavy atom. The molecular formula is C13H22ClN3O. The van der Waals surface area contributed by atoms with Crippen molar-refractivity contribution in [2.45, 2.75) is 39.2 Å². The van der Waals surface area contributed by atoms with E-state index in [1.807, 2.05) is 14.1 Å². The SMILES string of the molecule is CCCc1nc(Cl)cc(OCC(C)(C)N(C)C)n1. The molecule has 0 saturated heterocycles. The Hall–Kier alpha value is -0.870. The third-order valence-corrected chi connectivity index (χ3v) is 3.17. The summed E-state index contributed by atoms with van der Waals surface area (Å²) in [6.07, 6.45) is 1.80. The smallest absolute Gasteiger partial charge is 0.218 e. The van der Waals surface area contributed by atoms with Gasteiger partial charge >= 0.3 is 0 Å². The van der Waals surface area contributed by atoms with Crippen molar-refractivity contribution in [2.75, 3.05) is 20.7 Å². The maximum absolute atomic E-state index is 5.96. The highest BCUT2D eigenvalue weighted by Gasteiger charge is 2.21. The number of hydrogen-bond acceptors (Lipinski definition) is 4. The Morgan fingerprint density at radius 3 is 2.56 bits per heavy atom. The quantitative estimate of drug-likeness (QED) is 0.746. The van der Waals surface area contributed by atoms with Gasteiger partial charge in [-0.05, 0) is 34.4 Å². The number of halogens is 1. The summed E-state index contributed by atoms with van der Waals surface area (Å²) in [5, 5.41) is 0.436. The number of rotatable bonds is 6. The van der Waals surface area contributed by atoms with Gasteiger partial charge in [0, 0.05) is 18.0 Å². The van der Waals surface area contributed by atoms with E-state index in [9.17, 15) is 0 Å². The second kappa shape index (κ2) is 6.34. The van der Waals surface area contributed by atoms with Crippen molar-refractivity contribution in [1.29, 1.82) is 0 Å². The Morgan fingerprint density at radius 2 is 2.00 bits per heavy atom. The monoisotopic (exact) mass is 271 g/mol. The predicted molar refractivity (Wildman–Crippen MR) is 74.3 cm³/mol. The normalized spacial score (nSPS) is 11.9. The Balaban J connectivity index is 2.73. The summed E-state index contributed by atoms with van der Waals surface area (Å²) in [7, 11) is 4.05. The first-order valence-corrected chi connectivity index (χ1v) is 6.56. The molecule has 18 heavy (non-hydrogen) atoms. The molecule has 0 unspecified atom stereocenters. The molecule has 0 fully saturated rings. The van der Waals surface area contributed by atoms with Crippen LogP contribution in [0, 0.1) is 0 Å². The van der Waals surface area contributed by atoms with Gasteiger partial charge in [-0.2, -0.15) is 4.98 Å². The van der Waals surface area contributed by atoms with Crippen LogP contribution in [0.25, 0.3) is 0 Å². The number of aryl methyl sites for hydroxylation is 1. The molecule has 0 spiro atoms. The highest BCUT2D eigenvalue weighted by atomic mass is 35.5. The second-order valence-corrected chi connectivity index (χ2v) is 5.58. The van der Waals surface area contributed by atoms with Gasteiger partial charge in [-0.3, -0.25) is 0 Å². The van der Waals surface area contributed by atoms with Crippen molar-refractivity contribution in [3.63, 3.8) is 0 Å². The topological polar surface area (TPSA) is 38.2 Å². The van der Waals surface area contributed by atoms with Crippen LogP contribution in [0.5, 0.6) is 5.88 Å². The zero-order valence-corrected chi connectivity index (χ0v) is 12.6. The van der Waals surface area contributed by atoms with Crippen molar-refractivity contribution in [2.24, 2.45) is 0 Å². The minimum absolute atomic E-state index is 0.0532. The fourth-order valence-electron chi connectivity index (χ4n) is 1.23. The van der Waals surface area contributed by atoms with Crippen molar-refractivity contribution in [3.05, 3.63) is 17.0 Å². The van der Waals surface area contributed by atoms with Gasteiger partial charge in [-0.15, -0.1) is 0 Å². The standard InChI is InChI=1S/C13H22ClN3O/c1-6-7-11-15-10(14)8-12(16-11)18-9-13(2,3)17(4)5/h8H,6-7,9H2,1-5H3. The maximum atomic E-state index is 5.96. The van der Waals surface area contributed by atoms with Crippen LogP contribution in [0.2, 0.25) is 5.15 Å². The zero-order chi connectivity index (χ0) is 13.8. The van der Waals surface area contributed by atoms with E-state index in [4.69, 9.17) is 16.3 Å². The molecule has 0 N–H and O–H groups in total. The third kappa shape index (κ3) is 4.42. The van der Waals surface area contributed by atoms with Crippen LogP contribution in [-0.2, 0) is 6.42 Å². The lowest BCUT2D eigenvalue weighted by Gasteiger charge is -2.31. The van der Waals surface area contributed by atoms with Crippen LogP contribution in [0.4, 0.5) is 0 Å².